The molecule has 1 amide bonds. The monoisotopic (exact) mass is 313 g/mol. The number of nitrogens with one attached hydrogen (secondary N) is 1. The molecule has 18 heavy (non-hydrogen) atoms. The number of halogens is 1. The van der Waals surface area contributed by atoms with Crippen molar-refractivity contribution in [1.82, 2.24) is 5.32 Å². The topological polar surface area (TPSA) is 49.3 Å². The Morgan fingerprint density at radius 3 is 2.50 bits per heavy atom. The molecule has 0 saturated carbocycles. The summed E-state index contributed by atoms with van der Waals surface area (Å²) in [4.78, 5) is 11.9. The summed E-state index contributed by atoms with van der Waals surface area (Å²) in [5.41, 5.74) is 0.592. The van der Waals surface area contributed by atoms with Gasteiger partial charge in [0.1, 0.15) is 0 Å². The molecule has 0 saturated heterocycles. The van der Waals surface area contributed by atoms with Gasteiger partial charge < -0.3 is 10.4 Å². The molecule has 1 aromatic rings. The summed E-state index contributed by atoms with van der Waals surface area (Å²) in [7, 11) is 0. The summed E-state index contributed by atoms with van der Waals surface area (Å²) < 4.78 is 0.763. The maximum atomic E-state index is 11.9. The fourth-order valence-corrected chi connectivity index (χ4v) is 2.40. The largest absolute Gasteiger partial charge is 0.391 e. The van der Waals surface area contributed by atoms with Crippen molar-refractivity contribution >= 4 is 21.8 Å². The van der Waals surface area contributed by atoms with Gasteiger partial charge in [0.25, 0.3) is 5.91 Å². The molecule has 0 fully saturated rings. The van der Waals surface area contributed by atoms with Crippen molar-refractivity contribution in [3.63, 3.8) is 0 Å². The van der Waals surface area contributed by atoms with Crippen molar-refractivity contribution in [2.45, 2.75) is 32.8 Å². The molecule has 1 atom stereocenters. The molecule has 0 spiro atoms. The van der Waals surface area contributed by atoms with Crippen molar-refractivity contribution in [3.05, 3.63) is 34.3 Å². The lowest BCUT2D eigenvalue weighted by Crippen LogP contribution is -2.36. The molecule has 3 nitrogen and oxygen atoms in total. The van der Waals surface area contributed by atoms with E-state index in [1.165, 1.54) is 0 Å². The van der Waals surface area contributed by atoms with Crippen LogP contribution in [-0.4, -0.2) is 23.7 Å². The van der Waals surface area contributed by atoms with E-state index in [1.807, 2.05) is 32.0 Å². The van der Waals surface area contributed by atoms with Crippen molar-refractivity contribution in [2.75, 3.05) is 6.54 Å². The Hall–Kier alpha value is -0.870. The van der Waals surface area contributed by atoms with Gasteiger partial charge >= 0.3 is 0 Å². The number of carbonyl (C=O) groups is 1. The Kier molecular flexibility index (Phi) is 6.36. The summed E-state index contributed by atoms with van der Waals surface area (Å²) >= 11 is 3.34. The van der Waals surface area contributed by atoms with Gasteiger partial charge in [-0.25, -0.2) is 0 Å². The third kappa shape index (κ3) is 4.10. The third-order valence-electron chi connectivity index (χ3n) is 3.18. The molecule has 2 N–H and O–H groups in total. The molecule has 1 unspecified atom stereocenters. The molecule has 100 valence electrons. The van der Waals surface area contributed by atoms with Crippen molar-refractivity contribution in [2.24, 2.45) is 5.92 Å². The number of hydrogen-bond donors (Lipinski definition) is 2. The van der Waals surface area contributed by atoms with E-state index in [0.717, 1.165) is 17.3 Å². The maximum Gasteiger partial charge on any atom is 0.252 e. The number of benzene rings is 1. The molecule has 0 radical (unpaired) electrons. The molecule has 0 aromatic heterocycles. The first kappa shape index (κ1) is 15.2. The van der Waals surface area contributed by atoms with Crippen LogP contribution in [0.3, 0.4) is 0 Å². The predicted molar refractivity (Wildman–Crippen MR) is 76.6 cm³/mol. The summed E-state index contributed by atoms with van der Waals surface area (Å²) in [6.45, 7) is 4.40. The fourth-order valence-electron chi connectivity index (χ4n) is 1.94. The van der Waals surface area contributed by atoms with E-state index >= 15 is 0 Å². The summed E-state index contributed by atoms with van der Waals surface area (Å²) in [5.74, 6) is 0.0806. The maximum absolute atomic E-state index is 11.9. The number of rotatable bonds is 6. The molecule has 1 aromatic carbocycles. The minimum Gasteiger partial charge on any atom is -0.391 e. The molecule has 0 aliphatic rings. The minimum absolute atomic E-state index is 0.160. The van der Waals surface area contributed by atoms with E-state index in [1.54, 1.807) is 6.07 Å². The Labute approximate surface area is 117 Å². The smallest absolute Gasteiger partial charge is 0.252 e. The van der Waals surface area contributed by atoms with Crippen LogP contribution in [-0.2, 0) is 0 Å². The van der Waals surface area contributed by atoms with E-state index in [-0.39, 0.29) is 11.8 Å². The number of aliphatic hydroxyl groups is 1. The molecule has 0 heterocycles. The lowest BCUT2D eigenvalue weighted by molar-refractivity contribution is 0.0816. The second kappa shape index (κ2) is 7.54. The zero-order valence-corrected chi connectivity index (χ0v) is 12.4. The van der Waals surface area contributed by atoms with E-state index in [2.05, 4.69) is 21.2 Å². The van der Waals surface area contributed by atoms with Crippen LogP contribution in [0.1, 0.15) is 37.0 Å². The molecular formula is C14H20BrNO2. The third-order valence-corrected chi connectivity index (χ3v) is 3.87. The summed E-state index contributed by atoms with van der Waals surface area (Å²) in [6, 6.07) is 7.26. The first-order valence-electron chi connectivity index (χ1n) is 6.30. The number of amides is 1. The summed E-state index contributed by atoms with van der Waals surface area (Å²) in [5, 5.41) is 12.7. The van der Waals surface area contributed by atoms with Crippen LogP contribution in [0.15, 0.2) is 28.7 Å². The van der Waals surface area contributed by atoms with Crippen LogP contribution in [0.4, 0.5) is 0 Å². The number of carbonyl (C=O) groups excluding carboxylic acids is 1. The minimum atomic E-state index is -0.480. The molecule has 1 rings (SSSR count). The lowest BCUT2D eigenvalue weighted by atomic mass is 9.96. The highest BCUT2D eigenvalue weighted by atomic mass is 79.9. The van der Waals surface area contributed by atoms with Crippen LogP contribution in [0, 0.1) is 5.92 Å². The molecular weight excluding hydrogens is 294 g/mol. The van der Waals surface area contributed by atoms with Crippen molar-refractivity contribution in [3.8, 4) is 0 Å². The van der Waals surface area contributed by atoms with Gasteiger partial charge in [-0.15, -0.1) is 0 Å². The zero-order chi connectivity index (χ0) is 13.5. The van der Waals surface area contributed by atoms with Gasteiger partial charge in [-0.05, 0) is 34.0 Å². The van der Waals surface area contributed by atoms with Crippen LogP contribution in [0.2, 0.25) is 0 Å². The Morgan fingerprint density at radius 2 is 1.94 bits per heavy atom. The van der Waals surface area contributed by atoms with Gasteiger partial charge in [0.2, 0.25) is 0 Å². The SMILES string of the molecule is CCC(CC)C(O)CNC(=O)c1ccccc1Br. The van der Waals surface area contributed by atoms with Crippen molar-refractivity contribution in [1.29, 1.82) is 0 Å². The molecule has 4 heteroatoms. The second-order valence-electron chi connectivity index (χ2n) is 4.33. The summed E-state index contributed by atoms with van der Waals surface area (Å²) in [6.07, 6.45) is 1.36. The Bertz CT molecular complexity index is 391. The van der Waals surface area contributed by atoms with E-state index in [4.69, 9.17) is 0 Å². The van der Waals surface area contributed by atoms with Gasteiger partial charge in [-0.2, -0.15) is 0 Å². The molecule has 0 bridgehead atoms. The van der Waals surface area contributed by atoms with Crippen LogP contribution < -0.4 is 5.32 Å². The normalized spacial score (nSPS) is 12.5. The Morgan fingerprint density at radius 1 is 1.33 bits per heavy atom. The predicted octanol–water partition coefficient (Wildman–Crippen LogP) is 2.98. The average Bonchev–Trinajstić information content (AvgIpc) is 2.38. The van der Waals surface area contributed by atoms with Gasteiger partial charge in [0.15, 0.2) is 0 Å². The highest BCUT2D eigenvalue weighted by molar-refractivity contribution is 9.10. The lowest BCUT2D eigenvalue weighted by Gasteiger charge is -2.20. The zero-order valence-electron chi connectivity index (χ0n) is 10.8. The van der Waals surface area contributed by atoms with Gasteiger partial charge in [0.05, 0.1) is 11.7 Å². The van der Waals surface area contributed by atoms with Gasteiger partial charge in [-0.3, -0.25) is 4.79 Å². The number of hydrogen-bond acceptors (Lipinski definition) is 2. The fraction of sp³-hybridized carbons (Fsp3) is 0.500. The van der Waals surface area contributed by atoms with Crippen LogP contribution in [0.25, 0.3) is 0 Å². The highest BCUT2D eigenvalue weighted by Gasteiger charge is 2.17. The highest BCUT2D eigenvalue weighted by Crippen LogP contribution is 2.16. The average molecular weight is 314 g/mol. The van der Waals surface area contributed by atoms with E-state index < -0.39 is 6.10 Å². The molecule has 0 aliphatic heterocycles. The Balaban J connectivity index is 2.54. The van der Waals surface area contributed by atoms with E-state index in [9.17, 15) is 9.90 Å². The van der Waals surface area contributed by atoms with E-state index in [0.29, 0.717) is 12.1 Å². The first-order valence-corrected chi connectivity index (χ1v) is 7.10. The van der Waals surface area contributed by atoms with Crippen LogP contribution >= 0.6 is 15.9 Å². The quantitative estimate of drug-likeness (QED) is 0.848. The first-order chi connectivity index (χ1) is 8.60. The van der Waals surface area contributed by atoms with Gasteiger partial charge in [-0.1, -0.05) is 38.8 Å². The number of aliphatic hydroxyl groups excluding tert-OH is 1. The second-order valence-corrected chi connectivity index (χ2v) is 5.19. The van der Waals surface area contributed by atoms with Crippen molar-refractivity contribution < 1.29 is 9.90 Å². The van der Waals surface area contributed by atoms with Gasteiger partial charge in [0, 0.05) is 11.0 Å². The standard InChI is InChI=1S/C14H20BrNO2/c1-3-10(4-2)13(17)9-16-14(18)11-7-5-6-8-12(11)15/h5-8,10,13,17H,3-4,9H2,1-2H3,(H,16,18). The molecule has 0 aliphatic carbocycles. The van der Waals surface area contributed by atoms with Crippen LogP contribution in [0.5, 0.6) is 0 Å².